The molecule has 0 bridgehead atoms. The van der Waals surface area contributed by atoms with Gasteiger partial charge in [-0.1, -0.05) is 25.4 Å². The van der Waals surface area contributed by atoms with Crippen molar-refractivity contribution in [3.8, 4) is 5.75 Å². The van der Waals surface area contributed by atoms with Crippen molar-refractivity contribution in [3.63, 3.8) is 0 Å². The third kappa shape index (κ3) is 6.66. The van der Waals surface area contributed by atoms with Gasteiger partial charge in [-0.25, -0.2) is 0 Å². The summed E-state index contributed by atoms with van der Waals surface area (Å²) in [4.78, 5) is 0. The molecular formula is C16H26ClNO3. The number of aliphatic hydroxyl groups excluding tert-OH is 2. The van der Waals surface area contributed by atoms with Crippen LogP contribution in [0.15, 0.2) is 18.2 Å². The van der Waals surface area contributed by atoms with E-state index in [1.54, 1.807) is 12.1 Å². The Bertz CT molecular complexity index is 426. The maximum Gasteiger partial charge on any atom is 0.119 e. The van der Waals surface area contributed by atoms with Crippen molar-refractivity contribution in [1.29, 1.82) is 0 Å². The molecule has 0 aliphatic heterocycles. The van der Waals surface area contributed by atoms with Crippen LogP contribution in [0, 0.1) is 12.8 Å². The standard InChI is InChI=1S/C16H26ClNO3/c1-11(2)16(6-7-19)18-9-13(20)10-21-14-4-5-15(17)12(3)8-14/h4-5,8,11,13,16,18-20H,6-7,9-10H2,1-3H3. The monoisotopic (exact) mass is 315 g/mol. The number of ether oxygens (including phenoxy) is 1. The molecule has 0 amide bonds. The van der Waals surface area contributed by atoms with Crippen LogP contribution in [0.5, 0.6) is 5.75 Å². The van der Waals surface area contributed by atoms with Gasteiger partial charge in [0.05, 0.1) is 0 Å². The van der Waals surface area contributed by atoms with Crippen molar-refractivity contribution >= 4 is 11.6 Å². The molecule has 0 saturated carbocycles. The topological polar surface area (TPSA) is 61.7 Å². The Labute approximate surface area is 132 Å². The Hall–Kier alpha value is -0.810. The van der Waals surface area contributed by atoms with Gasteiger partial charge in [-0.15, -0.1) is 0 Å². The summed E-state index contributed by atoms with van der Waals surface area (Å²) in [5.74, 6) is 1.11. The summed E-state index contributed by atoms with van der Waals surface area (Å²) in [7, 11) is 0. The zero-order chi connectivity index (χ0) is 15.8. The summed E-state index contributed by atoms with van der Waals surface area (Å²) in [6.45, 7) is 6.90. The van der Waals surface area contributed by atoms with Crippen LogP contribution in [0.3, 0.4) is 0 Å². The van der Waals surface area contributed by atoms with Crippen molar-refractivity contribution < 1.29 is 14.9 Å². The highest BCUT2D eigenvalue weighted by atomic mass is 35.5. The Morgan fingerprint density at radius 1 is 1.33 bits per heavy atom. The summed E-state index contributed by atoms with van der Waals surface area (Å²) in [6.07, 6.45) is 0.0858. The van der Waals surface area contributed by atoms with E-state index in [4.69, 9.17) is 21.4 Å². The Morgan fingerprint density at radius 3 is 2.62 bits per heavy atom. The van der Waals surface area contributed by atoms with Crippen LogP contribution in [0.2, 0.25) is 5.02 Å². The van der Waals surface area contributed by atoms with E-state index in [-0.39, 0.29) is 19.3 Å². The van der Waals surface area contributed by atoms with Crippen molar-refractivity contribution in [2.45, 2.75) is 39.3 Å². The van der Waals surface area contributed by atoms with Crippen LogP contribution in [0.1, 0.15) is 25.8 Å². The molecule has 2 unspecified atom stereocenters. The lowest BCUT2D eigenvalue weighted by Gasteiger charge is -2.23. The van der Waals surface area contributed by atoms with Gasteiger partial charge in [0.2, 0.25) is 0 Å². The first kappa shape index (κ1) is 18.2. The van der Waals surface area contributed by atoms with Gasteiger partial charge in [0.15, 0.2) is 0 Å². The molecule has 5 heteroatoms. The summed E-state index contributed by atoms with van der Waals surface area (Å²) < 4.78 is 5.56. The normalized spacial score (nSPS) is 14.2. The molecule has 1 aromatic carbocycles. The minimum atomic E-state index is -0.596. The predicted molar refractivity (Wildman–Crippen MR) is 86.0 cm³/mol. The minimum absolute atomic E-state index is 0.145. The molecule has 0 aromatic heterocycles. The number of halogens is 1. The van der Waals surface area contributed by atoms with Gasteiger partial charge in [-0.05, 0) is 43.0 Å². The molecule has 21 heavy (non-hydrogen) atoms. The number of hydrogen-bond acceptors (Lipinski definition) is 4. The second kappa shape index (κ2) is 9.26. The first-order valence-electron chi connectivity index (χ1n) is 7.35. The van der Waals surface area contributed by atoms with Crippen LogP contribution in [0.4, 0.5) is 0 Å². The molecule has 2 atom stereocenters. The molecule has 1 rings (SSSR count). The highest BCUT2D eigenvalue weighted by molar-refractivity contribution is 6.31. The summed E-state index contributed by atoms with van der Waals surface area (Å²) in [5, 5.41) is 22.9. The van der Waals surface area contributed by atoms with Crippen molar-refractivity contribution in [3.05, 3.63) is 28.8 Å². The van der Waals surface area contributed by atoms with Gasteiger partial charge in [0.25, 0.3) is 0 Å². The van der Waals surface area contributed by atoms with E-state index in [0.29, 0.717) is 29.7 Å². The number of rotatable bonds is 9. The molecule has 0 heterocycles. The van der Waals surface area contributed by atoms with E-state index in [9.17, 15) is 5.11 Å². The first-order chi connectivity index (χ1) is 9.93. The van der Waals surface area contributed by atoms with Crippen molar-refractivity contribution in [2.24, 2.45) is 5.92 Å². The lowest BCUT2D eigenvalue weighted by atomic mass is 10.0. The molecule has 0 saturated heterocycles. The van der Waals surface area contributed by atoms with Gasteiger partial charge in [-0.3, -0.25) is 0 Å². The van der Waals surface area contributed by atoms with Crippen LogP contribution in [-0.2, 0) is 0 Å². The van der Waals surface area contributed by atoms with E-state index in [1.807, 2.05) is 13.0 Å². The van der Waals surface area contributed by atoms with E-state index < -0.39 is 6.10 Å². The molecule has 0 fully saturated rings. The van der Waals surface area contributed by atoms with Crippen LogP contribution < -0.4 is 10.1 Å². The zero-order valence-electron chi connectivity index (χ0n) is 13.0. The second-order valence-electron chi connectivity index (χ2n) is 5.65. The highest BCUT2D eigenvalue weighted by Gasteiger charge is 2.14. The molecule has 0 radical (unpaired) electrons. The number of aliphatic hydroxyl groups is 2. The van der Waals surface area contributed by atoms with E-state index in [2.05, 4.69) is 19.2 Å². The lowest BCUT2D eigenvalue weighted by molar-refractivity contribution is 0.0995. The molecule has 0 aliphatic carbocycles. The van der Waals surface area contributed by atoms with Crippen LogP contribution in [-0.4, -0.2) is 42.1 Å². The van der Waals surface area contributed by atoms with Crippen LogP contribution >= 0.6 is 11.6 Å². The average Bonchev–Trinajstić information content (AvgIpc) is 2.44. The predicted octanol–water partition coefficient (Wildman–Crippen LogP) is 2.38. The Kier molecular flexibility index (Phi) is 8.04. The molecule has 0 aliphatic rings. The lowest BCUT2D eigenvalue weighted by Crippen LogP contribution is -2.41. The van der Waals surface area contributed by atoms with E-state index in [1.165, 1.54) is 0 Å². The van der Waals surface area contributed by atoms with Gasteiger partial charge in [0, 0.05) is 24.2 Å². The molecule has 4 nitrogen and oxygen atoms in total. The molecule has 1 aromatic rings. The zero-order valence-corrected chi connectivity index (χ0v) is 13.7. The number of benzene rings is 1. The number of hydrogen-bond donors (Lipinski definition) is 3. The SMILES string of the molecule is Cc1cc(OCC(O)CNC(CCO)C(C)C)ccc1Cl. The van der Waals surface area contributed by atoms with Crippen LogP contribution in [0.25, 0.3) is 0 Å². The maximum absolute atomic E-state index is 9.96. The smallest absolute Gasteiger partial charge is 0.119 e. The minimum Gasteiger partial charge on any atom is -0.491 e. The van der Waals surface area contributed by atoms with E-state index >= 15 is 0 Å². The van der Waals surface area contributed by atoms with Crippen molar-refractivity contribution in [2.75, 3.05) is 19.8 Å². The molecule has 3 N–H and O–H groups in total. The fraction of sp³-hybridized carbons (Fsp3) is 0.625. The maximum atomic E-state index is 9.96. The molecular weight excluding hydrogens is 290 g/mol. The summed E-state index contributed by atoms with van der Waals surface area (Å²) in [5.41, 5.74) is 0.949. The van der Waals surface area contributed by atoms with Gasteiger partial charge in [-0.2, -0.15) is 0 Å². The average molecular weight is 316 g/mol. The highest BCUT2D eigenvalue weighted by Crippen LogP contribution is 2.21. The third-order valence-corrected chi connectivity index (χ3v) is 3.86. The second-order valence-corrected chi connectivity index (χ2v) is 6.05. The largest absolute Gasteiger partial charge is 0.491 e. The third-order valence-electron chi connectivity index (χ3n) is 3.43. The Balaban J connectivity index is 2.36. The van der Waals surface area contributed by atoms with Crippen molar-refractivity contribution in [1.82, 2.24) is 5.32 Å². The van der Waals surface area contributed by atoms with Gasteiger partial charge in [0.1, 0.15) is 18.5 Å². The fourth-order valence-electron chi connectivity index (χ4n) is 2.06. The fourth-order valence-corrected chi connectivity index (χ4v) is 2.17. The Morgan fingerprint density at radius 2 is 2.05 bits per heavy atom. The first-order valence-corrected chi connectivity index (χ1v) is 7.73. The molecule has 120 valence electrons. The quantitative estimate of drug-likeness (QED) is 0.655. The summed E-state index contributed by atoms with van der Waals surface area (Å²) in [6, 6.07) is 5.62. The number of nitrogens with one attached hydrogen (secondary N) is 1. The molecule has 0 spiro atoms. The number of aryl methyl sites for hydroxylation is 1. The van der Waals surface area contributed by atoms with E-state index in [0.717, 1.165) is 5.56 Å². The van der Waals surface area contributed by atoms with Gasteiger partial charge < -0.3 is 20.3 Å². The summed E-state index contributed by atoms with van der Waals surface area (Å²) >= 11 is 5.95. The van der Waals surface area contributed by atoms with Gasteiger partial charge >= 0.3 is 0 Å².